The molecule has 0 aliphatic heterocycles. The van der Waals surface area contributed by atoms with Crippen molar-refractivity contribution in [3.63, 3.8) is 0 Å². The molecule has 0 spiro atoms. The van der Waals surface area contributed by atoms with Crippen LogP contribution in [0.15, 0.2) is 23.6 Å². The number of carbonyl (C=O) groups excluding carboxylic acids is 1. The predicted octanol–water partition coefficient (Wildman–Crippen LogP) is 3.80. The Labute approximate surface area is 135 Å². The van der Waals surface area contributed by atoms with Gasteiger partial charge in [0.2, 0.25) is 0 Å². The molecule has 2 rings (SSSR count). The molecule has 1 amide bonds. The summed E-state index contributed by atoms with van der Waals surface area (Å²) in [4.78, 5) is 14.5. The van der Waals surface area contributed by atoms with Gasteiger partial charge in [0.25, 0.3) is 5.91 Å². The van der Waals surface area contributed by atoms with Gasteiger partial charge in [-0.05, 0) is 44.0 Å². The third-order valence-corrected chi connectivity index (χ3v) is 4.60. The maximum absolute atomic E-state index is 12.7. The molecule has 4 nitrogen and oxygen atoms in total. The summed E-state index contributed by atoms with van der Waals surface area (Å²) in [5, 5.41) is 2.52. The summed E-state index contributed by atoms with van der Waals surface area (Å²) >= 11 is 1.41. The van der Waals surface area contributed by atoms with Gasteiger partial charge in [0, 0.05) is 24.0 Å². The summed E-state index contributed by atoms with van der Waals surface area (Å²) in [6.45, 7) is 7.28. The average molecular weight is 318 g/mol. The number of aryl methyl sites for hydroxylation is 1. The van der Waals surface area contributed by atoms with Crippen LogP contribution < -0.4 is 10.5 Å². The number of rotatable bonds is 5. The normalized spacial score (nSPS) is 10.5. The number of benzene rings is 1. The van der Waals surface area contributed by atoms with Crippen molar-refractivity contribution in [2.24, 2.45) is 0 Å². The second-order valence-electron chi connectivity index (χ2n) is 5.05. The van der Waals surface area contributed by atoms with Crippen molar-refractivity contribution in [2.75, 3.05) is 25.9 Å². The second kappa shape index (κ2) is 6.83. The predicted molar refractivity (Wildman–Crippen MR) is 92.7 cm³/mol. The van der Waals surface area contributed by atoms with Crippen molar-refractivity contribution in [1.82, 2.24) is 4.90 Å². The Morgan fingerprint density at radius 1 is 1.32 bits per heavy atom. The standard InChI is InChI=1S/C17H22N2O2S/c1-5-19(6-2)17(20)15-13(10-22-16(15)18)12-7-8-14(21-4)11(3)9-12/h7-10H,5-6,18H2,1-4H3. The molecule has 2 aromatic rings. The highest BCUT2D eigenvalue weighted by atomic mass is 32.1. The third-order valence-electron chi connectivity index (χ3n) is 3.79. The zero-order chi connectivity index (χ0) is 16.3. The molecule has 1 heterocycles. The monoisotopic (exact) mass is 318 g/mol. The van der Waals surface area contributed by atoms with E-state index in [1.54, 1.807) is 12.0 Å². The number of anilines is 1. The van der Waals surface area contributed by atoms with E-state index >= 15 is 0 Å². The topological polar surface area (TPSA) is 55.6 Å². The summed E-state index contributed by atoms with van der Waals surface area (Å²) in [6, 6.07) is 5.91. The van der Waals surface area contributed by atoms with Crippen LogP contribution in [0.2, 0.25) is 0 Å². The molecular weight excluding hydrogens is 296 g/mol. The van der Waals surface area contributed by atoms with Crippen LogP contribution in [0.4, 0.5) is 5.00 Å². The molecule has 0 aliphatic carbocycles. The first-order valence-corrected chi connectivity index (χ1v) is 8.22. The Kier molecular flexibility index (Phi) is 5.08. The molecule has 0 saturated carbocycles. The van der Waals surface area contributed by atoms with Gasteiger partial charge in [-0.25, -0.2) is 0 Å². The molecule has 5 heteroatoms. The van der Waals surface area contributed by atoms with Crippen LogP contribution in [0.25, 0.3) is 11.1 Å². The Hall–Kier alpha value is -2.01. The first-order chi connectivity index (χ1) is 10.5. The van der Waals surface area contributed by atoms with E-state index in [-0.39, 0.29) is 5.91 Å². The van der Waals surface area contributed by atoms with Crippen LogP contribution in [0, 0.1) is 6.92 Å². The molecule has 22 heavy (non-hydrogen) atoms. The molecule has 2 N–H and O–H groups in total. The Bertz CT molecular complexity index is 675. The minimum absolute atomic E-state index is 0.00720. The number of carbonyl (C=O) groups is 1. The SMILES string of the molecule is CCN(CC)C(=O)c1c(-c2ccc(OC)c(C)c2)csc1N. The van der Waals surface area contributed by atoms with Crippen LogP contribution in [0.1, 0.15) is 29.8 Å². The van der Waals surface area contributed by atoms with E-state index in [9.17, 15) is 4.79 Å². The Morgan fingerprint density at radius 2 is 2.00 bits per heavy atom. The van der Waals surface area contributed by atoms with Gasteiger partial charge in [0.15, 0.2) is 0 Å². The summed E-state index contributed by atoms with van der Waals surface area (Å²) < 4.78 is 5.29. The molecule has 118 valence electrons. The van der Waals surface area contributed by atoms with Gasteiger partial charge in [0.05, 0.1) is 17.7 Å². The van der Waals surface area contributed by atoms with E-state index in [1.165, 1.54) is 11.3 Å². The zero-order valence-corrected chi connectivity index (χ0v) is 14.3. The van der Waals surface area contributed by atoms with Crippen LogP contribution in [-0.2, 0) is 0 Å². The Balaban J connectivity index is 2.49. The van der Waals surface area contributed by atoms with Gasteiger partial charge in [-0.1, -0.05) is 6.07 Å². The van der Waals surface area contributed by atoms with Crippen LogP contribution in [-0.4, -0.2) is 31.0 Å². The van der Waals surface area contributed by atoms with E-state index in [2.05, 4.69) is 0 Å². The van der Waals surface area contributed by atoms with Crippen molar-refractivity contribution < 1.29 is 9.53 Å². The number of amides is 1. The van der Waals surface area contributed by atoms with E-state index < -0.39 is 0 Å². The third kappa shape index (κ3) is 2.95. The highest BCUT2D eigenvalue weighted by Gasteiger charge is 2.22. The van der Waals surface area contributed by atoms with E-state index in [0.29, 0.717) is 23.7 Å². The smallest absolute Gasteiger partial charge is 0.257 e. The van der Waals surface area contributed by atoms with Crippen molar-refractivity contribution in [2.45, 2.75) is 20.8 Å². The van der Waals surface area contributed by atoms with E-state index in [1.807, 2.05) is 44.4 Å². The van der Waals surface area contributed by atoms with Gasteiger partial charge in [-0.2, -0.15) is 0 Å². The second-order valence-corrected chi connectivity index (χ2v) is 5.96. The number of ether oxygens (including phenoxy) is 1. The molecule has 1 aromatic carbocycles. The zero-order valence-electron chi connectivity index (χ0n) is 13.5. The van der Waals surface area contributed by atoms with Crippen molar-refractivity contribution in [1.29, 1.82) is 0 Å². The number of thiophene rings is 1. The fourth-order valence-electron chi connectivity index (χ4n) is 2.52. The van der Waals surface area contributed by atoms with Gasteiger partial charge in [-0.3, -0.25) is 4.79 Å². The largest absolute Gasteiger partial charge is 0.496 e. The molecule has 0 bridgehead atoms. The highest BCUT2D eigenvalue weighted by Crippen LogP contribution is 2.36. The lowest BCUT2D eigenvalue weighted by molar-refractivity contribution is 0.0775. The van der Waals surface area contributed by atoms with Crippen molar-refractivity contribution >= 4 is 22.2 Å². The molecule has 0 fully saturated rings. The number of hydrogen-bond acceptors (Lipinski definition) is 4. The van der Waals surface area contributed by atoms with Gasteiger partial charge < -0.3 is 15.4 Å². The first-order valence-electron chi connectivity index (χ1n) is 7.34. The number of nitrogen functional groups attached to an aromatic ring is 1. The van der Waals surface area contributed by atoms with Crippen LogP contribution in [0.3, 0.4) is 0 Å². The Morgan fingerprint density at radius 3 is 2.55 bits per heavy atom. The fourth-order valence-corrected chi connectivity index (χ4v) is 3.33. The maximum Gasteiger partial charge on any atom is 0.257 e. The molecule has 0 radical (unpaired) electrons. The van der Waals surface area contributed by atoms with Crippen molar-refractivity contribution in [3.05, 3.63) is 34.7 Å². The average Bonchev–Trinajstić information content (AvgIpc) is 2.90. The summed E-state index contributed by atoms with van der Waals surface area (Å²) in [7, 11) is 1.65. The van der Waals surface area contributed by atoms with Crippen LogP contribution in [0.5, 0.6) is 5.75 Å². The molecule has 1 aromatic heterocycles. The van der Waals surface area contributed by atoms with Gasteiger partial charge in [-0.15, -0.1) is 11.3 Å². The number of nitrogens with zero attached hydrogens (tertiary/aromatic N) is 1. The highest BCUT2D eigenvalue weighted by molar-refractivity contribution is 7.15. The van der Waals surface area contributed by atoms with Gasteiger partial charge >= 0.3 is 0 Å². The lowest BCUT2D eigenvalue weighted by Crippen LogP contribution is -2.31. The summed E-state index contributed by atoms with van der Waals surface area (Å²) in [5.41, 5.74) is 9.59. The molecular formula is C17H22N2O2S. The lowest BCUT2D eigenvalue weighted by atomic mass is 10.0. The van der Waals surface area contributed by atoms with E-state index in [0.717, 1.165) is 22.4 Å². The minimum atomic E-state index is -0.00720. The minimum Gasteiger partial charge on any atom is -0.496 e. The fraction of sp³-hybridized carbons (Fsp3) is 0.353. The number of hydrogen-bond donors (Lipinski definition) is 1. The molecule has 0 atom stereocenters. The van der Waals surface area contributed by atoms with Crippen molar-refractivity contribution in [3.8, 4) is 16.9 Å². The first kappa shape index (κ1) is 16.4. The summed E-state index contributed by atoms with van der Waals surface area (Å²) in [5.74, 6) is 0.829. The van der Waals surface area contributed by atoms with Gasteiger partial charge in [0.1, 0.15) is 5.75 Å². The van der Waals surface area contributed by atoms with Crippen LogP contribution >= 0.6 is 11.3 Å². The molecule has 0 saturated heterocycles. The quantitative estimate of drug-likeness (QED) is 0.912. The molecule has 0 unspecified atom stereocenters. The maximum atomic E-state index is 12.7. The van der Waals surface area contributed by atoms with E-state index in [4.69, 9.17) is 10.5 Å². The lowest BCUT2D eigenvalue weighted by Gasteiger charge is -2.19. The number of nitrogens with two attached hydrogens (primary N) is 1. The molecule has 0 aliphatic rings. The summed E-state index contributed by atoms with van der Waals surface area (Å²) in [6.07, 6.45) is 0. The number of methoxy groups -OCH3 is 1.